The maximum Gasteiger partial charge on any atom is 0.220 e. The van der Waals surface area contributed by atoms with Gasteiger partial charge in [-0.1, -0.05) is 6.92 Å². The third kappa shape index (κ3) is 7.51. The van der Waals surface area contributed by atoms with E-state index in [1.54, 1.807) is 0 Å². The molecule has 0 aromatic rings. The van der Waals surface area contributed by atoms with Crippen molar-refractivity contribution >= 4 is 30.7 Å². The SMILES string of the molecule is CC(CC(=O)NC1CCN(CC2CCOC2)CC1)C1CCCNC1.Cl.Cl. The number of halogens is 2. The van der Waals surface area contributed by atoms with Crippen LogP contribution in [0.2, 0.25) is 0 Å². The van der Waals surface area contributed by atoms with Crippen molar-refractivity contribution in [2.24, 2.45) is 17.8 Å². The number of hydrogen-bond donors (Lipinski definition) is 2. The van der Waals surface area contributed by atoms with E-state index < -0.39 is 0 Å². The zero-order chi connectivity index (χ0) is 16.8. The molecule has 3 unspecified atom stereocenters. The van der Waals surface area contributed by atoms with E-state index >= 15 is 0 Å². The number of carbonyl (C=O) groups is 1. The van der Waals surface area contributed by atoms with Crippen molar-refractivity contribution < 1.29 is 9.53 Å². The summed E-state index contributed by atoms with van der Waals surface area (Å²) in [6.07, 6.45) is 6.61. The molecule has 5 nitrogen and oxygen atoms in total. The summed E-state index contributed by atoms with van der Waals surface area (Å²) in [5.74, 6) is 2.14. The van der Waals surface area contributed by atoms with E-state index in [4.69, 9.17) is 4.74 Å². The molecule has 3 aliphatic heterocycles. The summed E-state index contributed by atoms with van der Waals surface area (Å²) in [7, 11) is 0. The standard InChI is InChI=1S/C19H35N3O2.2ClH/c1-15(17-3-2-7-20-12-17)11-19(23)21-18-4-8-22(9-5-18)13-16-6-10-24-14-16;;/h15-18,20H,2-14H2,1H3,(H,21,23);2*1H. The molecule has 3 aliphatic rings. The number of rotatable bonds is 6. The maximum absolute atomic E-state index is 12.4. The second-order valence-electron chi connectivity index (χ2n) is 8.16. The summed E-state index contributed by atoms with van der Waals surface area (Å²) >= 11 is 0. The van der Waals surface area contributed by atoms with E-state index in [1.165, 1.54) is 25.8 Å². The molecular formula is C19H37Cl2N3O2. The third-order valence-corrected chi connectivity index (χ3v) is 6.14. The molecule has 0 aliphatic carbocycles. The average Bonchev–Trinajstić information content (AvgIpc) is 3.10. The lowest BCUT2D eigenvalue weighted by atomic mass is 9.85. The van der Waals surface area contributed by atoms with E-state index in [0.29, 0.717) is 24.3 Å². The van der Waals surface area contributed by atoms with Gasteiger partial charge in [0.1, 0.15) is 0 Å². The summed E-state index contributed by atoms with van der Waals surface area (Å²) in [6.45, 7) is 9.73. The van der Waals surface area contributed by atoms with Crippen LogP contribution in [0.25, 0.3) is 0 Å². The molecule has 0 radical (unpaired) electrons. The van der Waals surface area contributed by atoms with Crippen LogP contribution in [0.3, 0.4) is 0 Å². The van der Waals surface area contributed by atoms with Crippen LogP contribution in [0.15, 0.2) is 0 Å². The minimum Gasteiger partial charge on any atom is -0.381 e. The fourth-order valence-corrected chi connectivity index (χ4v) is 4.46. The Morgan fingerprint density at radius 1 is 1.23 bits per heavy atom. The highest BCUT2D eigenvalue weighted by molar-refractivity contribution is 5.85. The number of amides is 1. The van der Waals surface area contributed by atoms with Crippen LogP contribution in [0.4, 0.5) is 0 Å². The Kier molecular flexibility index (Phi) is 11.4. The van der Waals surface area contributed by atoms with Gasteiger partial charge in [0, 0.05) is 38.7 Å². The minimum absolute atomic E-state index is 0. The van der Waals surface area contributed by atoms with Crippen LogP contribution in [0, 0.1) is 17.8 Å². The Morgan fingerprint density at radius 2 is 2.00 bits per heavy atom. The van der Waals surface area contributed by atoms with Gasteiger partial charge in [-0.3, -0.25) is 4.79 Å². The highest BCUT2D eigenvalue weighted by atomic mass is 35.5. The number of likely N-dealkylation sites (tertiary alicyclic amines) is 1. The Hall–Kier alpha value is -0.0700. The van der Waals surface area contributed by atoms with E-state index in [1.807, 2.05) is 0 Å². The molecule has 0 bridgehead atoms. The monoisotopic (exact) mass is 409 g/mol. The first-order valence-corrected chi connectivity index (χ1v) is 10.0. The van der Waals surface area contributed by atoms with Gasteiger partial charge >= 0.3 is 0 Å². The van der Waals surface area contributed by atoms with E-state index in [9.17, 15) is 4.79 Å². The van der Waals surface area contributed by atoms with Crippen molar-refractivity contribution in [3.8, 4) is 0 Å². The summed E-state index contributed by atoms with van der Waals surface area (Å²) in [5.41, 5.74) is 0. The topological polar surface area (TPSA) is 53.6 Å². The molecule has 2 N–H and O–H groups in total. The Labute approximate surface area is 171 Å². The van der Waals surface area contributed by atoms with Gasteiger partial charge in [0.05, 0.1) is 6.61 Å². The predicted molar refractivity (Wildman–Crippen MR) is 110 cm³/mol. The number of nitrogens with one attached hydrogen (secondary N) is 2. The van der Waals surface area contributed by atoms with E-state index in [0.717, 1.165) is 58.2 Å². The quantitative estimate of drug-likeness (QED) is 0.707. The molecule has 1 amide bonds. The maximum atomic E-state index is 12.4. The van der Waals surface area contributed by atoms with Gasteiger partial charge in [0.15, 0.2) is 0 Å². The van der Waals surface area contributed by atoms with E-state index in [-0.39, 0.29) is 30.7 Å². The van der Waals surface area contributed by atoms with Gasteiger partial charge in [-0.25, -0.2) is 0 Å². The van der Waals surface area contributed by atoms with Gasteiger partial charge in [0.25, 0.3) is 0 Å². The fourth-order valence-electron chi connectivity index (χ4n) is 4.46. The zero-order valence-electron chi connectivity index (χ0n) is 16.1. The van der Waals surface area contributed by atoms with Crippen LogP contribution in [-0.4, -0.2) is 62.8 Å². The first kappa shape index (κ1) is 24.0. The van der Waals surface area contributed by atoms with Gasteiger partial charge < -0.3 is 20.3 Å². The molecule has 154 valence electrons. The van der Waals surface area contributed by atoms with Gasteiger partial charge in [-0.2, -0.15) is 0 Å². The number of nitrogens with zero attached hydrogens (tertiary/aromatic N) is 1. The van der Waals surface area contributed by atoms with Crippen LogP contribution in [0.1, 0.15) is 45.4 Å². The molecule has 3 rings (SSSR count). The molecule has 3 saturated heterocycles. The molecule has 0 saturated carbocycles. The molecule has 0 spiro atoms. The minimum atomic E-state index is 0. The van der Waals surface area contributed by atoms with Crippen molar-refractivity contribution in [1.29, 1.82) is 0 Å². The lowest BCUT2D eigenvalue weighted by Crippen LogP contribution is -2.46. The average molecular weight is 410 g/mol. The van der Waals surface area contributed by atoms with Gasteiger partial charge in [-0.15, -0.1) is 24.8 Å². The van der Waals surface area contributed by atoms with Crippen molar-refractivity contribution in [1.82, 2.24) is 15.5 Å². The molecule has 0 aromatic carbocycles. The summed E-state index contributed by atoms with van der Waals surface area (Å²) in [4.78, 5) is 14.9. The van der Waals surface area contributed by atoms with Crippen LogP contribution >= 0.6 is 24.8 Å². The number of hydrogen-bond acceptors (Lipinski definition) is 4. The first-order chi connectivity index (χ1) is 11.7. The lowest BCUT2D eigenvalue weighted by Gasteiger charge is -2.34. The van der Waals surface area contributed by atoms with Crippen LogP contribution in [-0.2, 0) is 9.53 Å². The van der Waals surface area contributed by atoms with Crippen molar-refractivity contribution in [2.75, 3.05) is 45.9 Å². The molecule has 3 heterocycles. The molecule has 7 heteroatoms. The van der Waals surface area contributed by atoms with Gasteiger partial charge in [0.2, 0.25) is 5.91 Å². The van der Waals surface area contributed by atoms with Crippen molar-refractivity contribution in [3.63, 3.8) is 0 Å². The summed E-state index contributed by atoms with van der Waals surface area (Å²) < 4.78 is 5.47. The summed E-state index contributed by atoms with van der Waals surface area (Å²) in [6, 6.07) is 0.380. The largest absolute Gasteiger partial charge is 0.381 e. The number of ether oxygens (including phenoxy) is 1. The first-order valence-electron chi connectivity index (χ1n) is 10.0. The highest BCUT2D eigenvalue weighted by Crippen LogP contribution is 2.23. The lowest BCUT2D eigenvalue weighted by molar-refractivity contribution is -0.123. The van der Waals surface area contributed by atoms with Crippen LogP contribution < -0.4 is 10.6 Å². The Morgan fingerprint density at radius 3 is 2.62 bits per heavy atom. The Balaban J connectivity index is 0.00000169. The zero-order valence-corrected chi connectivity index (χ0v) is 17.7. The smallest absolute Gasteiger partial charge is 0.220 e. The second kappa shape index (κ2) is 12.4. The molecule has 3 atom stereocenters. The third-order valence-electron chi connectivity index (χ3n) is 6.14. The van der Waals surface area contributed by atoms with Crippen molar-refractivity contribution in [3.05, 3.63) is 0 Å². The van der Waals surface area contributed by atoms with E-state index in [2.05, 4.69) is 22.5 Å². The number of carbonyl (C=O) groups excluding carboxylic acids is 1. The summed E-state index contributed by atoms with van der Waals surface area (Å²) in [5, 5.41) is 6.75. The predicted octanol–water partition coefficient (Wildman–Crippen LogP) is 2.47. The molecule has 0 aromatic heterocycles. The molecular weight excluding hydrogens is 373 g/mol. The molecule has 3 fully saturated rings. The number of piperidine rings is 2. The fraction of sp³-hybridized carbons (Fsp3) is 0.947. The Bertz CT molecular complexity index is 394. The highest BCUT2D eigenvalue weighted by Gasteiger charge is 2.26. The van der Waals surface area contributed by atoms with Crippen molar-refractivity contribution in [2.45, 2.75) is 51.5 Å². The normalized spacial score (nSPS) is 28.7. The molecule has 26 heavy (non-hydrogen) atoms. The van der Waals surface area contributed by atoms with Crippen LogP contribution in [0.5, 0.6) is 0 Å². The second-order valence-corrected chi connectivity index (χ2v) is 8.16. The van der Waals surface area contributed by atoms with Gasteiger partial charge in [-0.05, 0) is 62.9 Å².